The third-order valence-corrected chi connectivity index (χ3v) is 3.64. The van der Waals surface area contributed by atoms with Crippen molar-refractivity contribution in [3.05, 3.63) is 28.2 Å². The van der Waals surface area contributed by atoms with Gasteiger partial charge in [-0.25, -0.2) is 0 Å². The smallest absolute Gasteiger partial charge is 0.120 e. The van der Waals surface area contributed by atoms with Crippen LogP contribution in [0.1, 0.15) is 51.6 Å². The minimum atomic E-state index is 0.431. The SMILES string of the molecule is CCCCC(NCC)c1ccc(OCC)cc1Br. The van der Waals surface area contributed by atoms with Crippen LogP contribution in [0.4, 0.5) is 0 Å². The summed E-state index contributed by atoms with van der Waals surface area (Å²) in [5.41, 5.74) is 1.33. The molecule has 0 spiro atoms. The van der Waals surface area contributed by atoms with Gasteiger partial charge in [-0.05, 0) is 37.6 Å². The molecule has 1 unspecified atom stereocenters. The van der Waals surface area contributed by atoms with Gasteiger partial charge in [0.2, 0.25) is 0 Å². The Bertz CT molecular complexity index is 354. The van der Waals surface area contributed by atoms with E-state index in [1.165, 1.54) is 24.8 Å². The number of rotatable bonds is 8. The van der Waals surface area contributed by atoms with E-state index < -0.39 is 0 Å². The summed E-state index contributed by atoms with van der Waals surface area (Å²) in [4.78, 5) is 0. The summed E-state index contributed by atoms with van der Waals surface area (Å²) in [6.07, 6.45) is 3.66. The van der Waals surface area contributed by atoms with Gasteiger partial charge in [0.1, 0.15) is 5.75 Å². The van der Waals surface area contributed by atoms with Crippen molar-refractivity contribution in [2.24, 2.45) is 0 Å². The second kappa shape index (κ2) is 8.54. The summed E-state index contributed by atoms with van der Waals surface area (Å²) in [7, 11) is 0. The molecule has 0 fully saturated rings. The first-order valence-electron chi connectivity index (χ1n) is 6.88. The van der Waals surface area contributed by atoms with Gasteiger partial charge >= 0.3 is 0 Å². The normalized spacial score (nSPS) is 12.4. The Labute approximate surface area is 119 Å². The van der Waals surface area contributed by atoms with Crippen molar-refractivity contribution in [1.29, 1.82) is 0 Å². The van der Waals surface area contributed by atoms with Crippen molar-refractivity contribution in [2.75, 3.05) is 13.2 Å². The van der Waals surface area contributed by atoms with Gasteiger partial charge in [0, 0.05) is 10.5 Å². The number of ether oxygens (including phenoxy) is 1. The van der Waals surface area contributed by atoms with E-state index in [2.05, 4.69) is 53.3 Å². The second-order valence-corrected chi connectivity index (χ2v) is 5.22. The molecule has 0 aromatic heterocycles. The Morgan fingerprint density at radius 2 is 2.06 bits per heavy atom. The van der Waals surface area contributed by atoms with Gasteiger partial charge in [-0.2, -0.15) is 0 Å². The molecular weight excluding hydrogens is 290 g/mol. The number of hydrogen-bond acceptors (Lipinski definition) is 2. The lowest BCUT2D eigenvalue weighted by Crippen LogP contribution is -2.21. The van der Waals surface area contributed by atoms with Crippen LogP contribution in [0, 0.1) is 0 Å². The van der Waals surface area contributed by atoms with Gasteiger partial charge in [0.05, 0.1) is 6.61 Å². The molecule has 2 nitrogen and oxygen atoms in total. The van der Waals surface area contributed by atoms with Crippen LogP contribution < -0.4 is 10.1 Å². The fraction of sp³-hybridized carbons (Fsp3) is 0.600. The van der Waals surface area contributed by atoms with Crippen LogP contribution in [-0.2, 0) is 0 Å². The van der Waals surface area contributed by atoms with Crippen molar-refractivity contribution in [3.8, 4) is 5.75 Å². The molecule has 0 saturated heterocycles. The summed E-state index contributed by atoms with van der Waals surface area (Å²) in [5, 5.41) is 3.56. The van der Waals surface area contributed by atoms with Crippen molar-refractivity contribution < 1.29 is 4.74 Å². The van der Waals surface area contributed by atoms with Crippen molar-refractivity contribution in [2.45, 2.75) is 46.1 Å². The lowest BCUT2D eigenvalue weighted by Gasteiger charge is -2.20. The number of benzene rings is 1. The first kappa shape index (κ1) is 15.5. The van der Waals surface area contributed by atoms with E-state index in [0.717, 1.165) is 16.8 Å². The molecule has 1 N–H and O–H groups in total. The lowest BCUT2D eigenvalue weighted by molar-refractivity contribution is 0.339. The number of unbranched alkanes of at least 4 members (excludes halogenated alkanes) is 1. The van der Waals surface area contributed by atoms with Gasteiger partial charge in [-0.1, -0.05) is 48.7 Å². The zero-order valence-corrected chi connectivity index (χ0v) is 13.2. The summed E-state index contributed by atoms with van der Waals surface area (Å²) < 4.78 is 6.65. The zero-order valence-electron chi connectivity index (χ0n) is 11.6. The molecule has 18 heavy (non-hydrogen) atoms. The van der Waals surface area contributed by atoms with E-state index in [-0.39, 0.29) is 0 Å². The first-order valence-corrected chi connectivity index (χ1v) is 7.67. The predicted octanol–water partition coefficient (Wildman–Crippen LogP) is 4.69. The van der Waals surface area contributed by atoms with Gasteiger partial charge in [0.15, 0.2) is 0 Å². The number of hydrogen-bond donors (Lipinski definition) is 1. The molecule has 0 saturated carbocycles. The molecule has 3 heteroatoms. The third-order valence-electron chi connectivity index (χ3n) is 2.96. The highest BCUT2D eigenvalue weighted by Crippen LogP contribution is 2.30. The Morgan fingerprint density at radius 3 is 2.61 bits per heavy atom. The van der Waals surface area contributed by atoms with Crippen LogP contribution in [0.2, 0.25) is 0 Å². The molecule has 0 radical (unpaired) electrons. The van der Waals surface area contributed by atoms with Crippen LogP contribution >= 0.6 is 15.9 Å². The Hall–Kier alpha value is -0.540. The van der Waals surface area contributed by atoms with E-state index in [4.69, 9.17) is 4.74 Å². The number of nitrogens with one attached hydrogen (secondary N) is 1. The van der Waals surface area contributed by atoms with Crippen LogP contribution in [0.25, 0.3) is 0 Å². The van der Waals surface area contributed by atoms with E-state index in [9.17, 15) is 0 Å². The summed E-state index contributed by atoms with van der Waals surface area (Å²) in [5.74, 6) is 0.930. The van der Waals surface area contributed by atoms with E-state index in [0.29, 0.717) is 12.6 Å². The summed E-state index contributed by atoms with van der Waals surface area (Å²) in [6, 6.07) is 6.72. The van der Waals surface area contributed by atoms with Crippen LogP contribution in [0.3, 0.4) is 0 Å². The molecule has 0 bridgehead atoms. The number of halogens is 1. The summed E-state index contributed by atoms with van der Waals surface area (Å²) in [6.45, 7) is 8.09. The average molecular weight is 314 g/mol. The molecule has 1 atom stereocenters. The van der Waals surface area contributed by atoms with Crippen molar-refractivity contribution in [1.82, 2.24) is 5.32 Å². The molecule has 0 heterocycles. The van der Waals surface area contributed by atoms with Gasteiger partial charge in [-0.15, -0.1) is 0 Å². The lowest BCUT2D eigenvalue weighted by atomic mass is 10.0. The topological polar surface area (TPSA) is 21.3 Å². The molecule has 1 aromatic carbocycles. The second-order valence-electron chi connectivity index (χ2n) is 4.37. The Kier molecular flexibility index (Phi) is 7.36. The molecule has 0 aliphatic heterocycles. The maximum Gasteiger partial charge on any atom is 0.120 e. The first-order chi connectivity index (χ1) is 8.72. The molecular formula is C15H24BrNO. The molecule has 0 aliphatic rings. The standard InChI is InChI=1S/C15H24BrNO/c1-4-7-8-15(17-5-2)13-10-9-12(18-6-3)11-14(13)16/h9-11,15,17H,4-8H2,1-3H3. The Morgan fingerprint density at radius 1 is 1.28 bits per heavy atom. The van der Waals surface area contributed by atoms with Crippen molar-refractivity contribution in [3.63, 3.8) is 0 Å². The fourth-order valence-electron chi connectivity index (χ4n) is 2.07. The molecule has 102 valence electrons. The monoisotopic (exact) mass is 313 g/mol. The maximum atomic E-state index is 5.51. The highest BCUT2D eigenvalue weighted by Gasteiger charge is 2.13. The van der Waals surface area contributed by atoms with Gasteiger partial charge in [0.25, 0.3) is 0 Å². The minimum Gasteiger partial charge on any atom is -0.494 e. The predicted molar refractivity (Wildman–Crippen MR) is 81.3 cm³/mol. The molecule has 1 aromatic rings. The third kappa shape index (κ3) is 4.62. The van der Waals surface area contributed by atoms with E-state index in [1.54, 1.807) is 0 Å². The molecule has 0 aliphatic carbocycles. The van der Waals surface area contributed by atoms with Crippen LogP contribution in [-0.4, -0.2) is 13.2 Å². The fourth-order valence-corrected chi connectivity index (χ4v) is 2.70. The largest absolute Gasteiger partial charge is 0.494 e. The quantitative estimate of drug-likeness (QED) is 0.751. The average Bonchev–Trinajstić information content (AvgIpc) is 2.35. The molecule has 0 amide bonds. The zero-order chi connectivity index (χ0) is 13.4. The Balaban J connectivity index is 2.83. The van der Waals surface area contributed by atoms with E-state index >= 15 is 0 Å². The highest BCUT2D eigenvalue weighted by molar-refractivity contribution is 9.10. The van der Waals surface area contributed by atoms with Gasteiger partial charge < -0.3 is 10.1 Å². The van der Waals surface area contributed by atoms with Crippen molar-refractivity contribution >= 4 is 15.9 Å². The summed E-state index contributed by atoms with van der Waals surface area (Å²) >= 11 is 3.66. The van der Waals surface area contributed by atoms with Gasteiger partial charge in [-0.3, -0.25) is 0 Å². The van der Waals surface area contributed by atoms with Crippen LogP contribution in [0.5, 0.6) is 5.75 Å². The maximum absolute atomic E-state index is 5.51. The molecule has 1 rings (SSSR count). The minimum absolute atomic E-state index is 0.431. The van der Waals surface area contributed by atoms with Crippen LogP contribution in [0.15, 0.2) is 22.7 Å². The highest BCUT2D eigenvalue weighted by atomic mass is 79.9. The van der Waals surface area contributed by atoms with E-state index in [1.807, 2.05) is 6.92 Å².